The summed E-state index contributed by atoms with van der Waals surface area (Å²) >= 11 is 0. The Bertz CT molecular complexity index is 2630. The van der Waals surface area contributed by atoms with E-state index in [0.29, 0.717) is 0 Å². The third kappa shape index (κ3) is 3.12. The molecule has 0 unspecified atom stereocenters. The summed E-state index contributed by atoms with van der Waals surface area (Å²) in [5.41, 5.74) is 9.01. The highest BCUT2D eigenvalue weighted by Crippen LogP contribution is 2.44. The molecule has 43 heavy (non-hydrogen) atoms. The molecule has 4 heteroatoms. The van der Waals surface area contributed by atoms with Gasteiger partial charge in [-0.1, -0.05) is 84.9 Å². The molecular weight excluding hydrogens is 524 g/mol. The van der Waals surface area contributed by atoms with Crippen molar-refractivity contribution in [3.8, 4) is 0 Å². The first-order valence-corrected chi connectivity index (χ1v) is 14.6. The summed E-state index contributed by atoms with van der Waals surface area (Å²) in [6.45, 7) is 0. The summed E-state index contributed by atoms with van der Waals surface area (Å²) in [5.74, 6) is 0.943. The molecule has 3 heterocycles. The average molecular weight is 549 g/mol. The minimum absolute atomic E-state index is 0.943. The number of hydrogen-bond donors (Lipinski definition) is 0. The van der Waals surface area contributed by atoms with Crippen LogP contribution in [0.4, 0.5) is 17.1 Å². The van der Waals surface area contributed by atoms with Crippen LogP contribution in [0.2, 0.25) is 0 Å². The van der Waals surface area contributed by atoms with Crippen molar-refractivity contribution < 1.29 is 0 Å². The molecule has 0 aliphatic rings. The maximum atomic E-state index is 5.29. The largest absolute Gasteiger partial charge is 0.310 e. The SMILES string of the molecule is c1ccc(N(c2ccccc2)c2cc3c4cc5ccccc5cc4n4c3c(c2)n2c3cc5ccccc5cc3nc24)cc1. The Kier molecular flexibility index (Phi) is 4.42. The lowest BCUT2D eigenvalue weighted by Gasteiger charge is -2.25. The molecule has 0 N–H and O–H groups in total. The van der Waals surface area contributed by atoms with Gasteiger partial charge in [-0.15, -0.1) is 0 Å². The molecule has 3 aromatic heterocycles. The summed E-state index contributed by atoms with van der Waals surface area (Å²) in [6.07, 6.45) is 0. The van der Waals surface area contributed by atoms with Crippen molar-refractivity contribution in [3.05, 3.63) is 146 Å². The molecule has 10 rings (SSSR count). The number of rotatable bonds is 3. The molecule has 10 aromatic rings. The van der Waals surface area contributed by atoms with Crippen molar-refractivity contribution in [3.63, 3.8) is 0 Å². The summed E-state index contributed by atoms with van der Waals surface area (Å²) in [4.78, 5) is 7.64. The van der Waals surface area contributed by atoms with Gasteiger partial charge in [-0.05, 0) is 82.2 Å². The zero-order valence-corrected chi connectivity index (χ0v) is 23.1. The van der Waals surface area contributed by atoms with Crippen molar-refractivity contribution in [2.24, 2.45) is 0 Å². The van der Waals surface area contributed by atoms with Crippen molar-refractivity contribution in [2.75, 3.05) is 4.90 Å². The highest BCUT2D eigenvalue weighted by molar-refractivity contribution is 6.20. The fourth-order valence-electron chi connectivity index (χ4n) is 7.04. The predicted octanol–water partition coefficient (Wildman–Crippen LogP) is 10.3. The molecule has 0 bridgehead atoms. The van der Waals surface area contributed by atoms with E-state index in [1.807, 2.05) is 0 Å². The Morgan fingerprint density at radius 3 is 1.63 bits per heavy atom. The quantitative estimate of drug-likeness (QED) is 0.219. The van der Waals surface area contributed by atoms with Crippen LogP contribution in [0.15, 0.2) is 146 Å². The zero-order valence-electron chi connectivity index (χ0n) is 23.1. The number of para-hydroxylation sites is 2. The molecule has 0 amide bonds. The van der Waals surface area contributed by atoms with Crippen LogP contribution in [0, 0.1) is 0 Å². The van der Waals surface area contributed by atoms with E-state index in [4.69, 9.17) is 4.98 Å². The Morgan fingerprint density at radius 2 is 0.977 bits per heavy atom. The van der Waals surface area contributed by atoms with Gasteiger partial charge in [-0.3, -0.25) is 8.80 Å². The molecule has 7 aromatic carbocycles. The fourth-order valence-corrected chi connectivity index (χ4v) is 7.04. The van der Waals surface area contributed by atoms with E-state index >= 15 is 0 Å². The van der Waals surface area contributed by atoms with Gasteiger partial charge in [0.2, 0.25) is 5.78 Å². The van der Waals surface area contributed by atoms with E-state index in [2.05, 4.69) is 159 Å². The first kappa shape index (κ1) is 22.8. The maximum absolute atomic E-state index is 5.29. The number of imidazole rings is 2. The van der Waals surface area contributed by atoms with Crippen molar-refractivity contribution in [2.45, 2.75) is 0 Å². The minimum atomic E-state index is 0.943. The van der Waals surface area contributed by atoms with Crippen LogP contribution in [0.3, 0.4) is 0 Å². The van der Waals surface area contributed by atoms with Crippen molar-refractivity contribution in [1.82, 2.24) is 13.8 Å². The number of anilines is 3. The fraction of sp³-hybridized carbons (Fsp3) is 0. The first-order chi connectivity index (χ1) is 21.3. The first-order valence-electron chi connectivity index (χ1n) is 14.6. The van der Waals surface area contributed by atoms with Crippen LogP contribution in [0.5, 0.6) is 0 Å². The van der Waals surface area contributed by atoms with E-state index < -0.39 is 0 Å². The van der Waals surface area contributed by atoms with Gasteiger partial charge in [0.15, 0.2) is 0 Å². The predicted molar refractivity (Wildman–Crippen MR) is 180 cm³/mol. The average Bonchev–Trinajstić information content (AvgIpc) is 3.69. The molecule has 0 radical (unpaired) electrons. The molecule has 0 aliphatic carbocycles. The van der Waals surface area contributed by atoms with E-state index in [1.165, 1.54) is 43.4 Å². The second-order valence-corrected chi connectivity index (χ2v) is 11.4. The Morgan fingerprint density at radius 1 is 0.419 bits per heavy atom. The highest BCUT2D eigenvalue weighted by atomic mass is 15.2. The highest BCUT2D eigenvalue weighted by Gasteiger charge is 2.24. The van der Waals surface area contributed by atoms with Crippen molar-refractivity contribution in [1.29, 1.82) is 0 Å². The lowest BCUT2D eigenvalue weighted by Crippen LogP contribution is -2.09. The van der Waals surface area contributed by atoms with Gasteiger partial charge in [-0.2, -0.15) is 0 Å². The summed E-state index contributed by atoms with van der Waals surface area (Å²) in [7, 11) is 0. The third-order valence-corrected chi connectivity index (χ3v) is 8.93. The molecule has 0 fully saturated rings. The molecule has 200 valence electrons. The topological polar surface area (TPSA) is 25.0 Å². The third-order valence-electron chi connectivity index (χ3n) is 8.93. The van der Waals surface area contributed by atoms with Crippen LogP contribution in [-0.2, 0) is 0 Å². The van der Waals surface area contributed by atoms with E-state index in [-0.39, 0.29) is 0 Å². The van der Waals surface area contributed by atoms with Gasteiger partial charge in [0.25, 0.3) is 0 Å². The monoisotopic (exact) mass is 548 g/mol. The van der Waals surface area contributed by atoms with Crippen molar-refractivity contribution >= 4 is 82.7 Å². The van der Waals surface area contributed by atoms with Gasteiger partial charge >= 0.3 is 0 Å². The Hall–Kier alpha value is -5.87. The van der Waals surface area contributed by atoms with Crippen LogP contribution >= 0.6 is 0 Å². The number of aromatic nitrogens is 3. The van der Waals surface area contributed by atoms with Gasteiger partial charge in [0.1, 0.15) is 0 Å². The number of nitrogens with zero attached hydrogens (tertiary/aromatic N) is 4. The number of benzene rings is 7. The molecule has 0 atom stereocenters. The summed E-state index contributed by atoms with van der Waals surface area (Å²) < 4.78 is 4.73. The lowest BCUT2D eigenvalue weighted by molar-refractivity contribution is 1.22. The summed E-state index contributed by atoms with van der Waals surface area (Å²) in [6, 6.07) is 52.3. The van der Waals surface area contributed by atoms with Crippen LogP contribution in [-0.4, -0.2) is 13.8 Å². The minimum Gasteiger partial charge on any atom is -0.310 e. The molecule has 0 saturated heterocycles. The molecule has 0 saturated carbocycles. The maximum Gasteiger partial charge on any atom is 0.220 e. The Labute approximate surface area is 246 Å². The number of fused-ring (bicyclic) bond motifs is 10. The standard InChI is InChI=1S/C39H24N4/c1-3-15-29(16-4-1)41(30-17-5-2-6-18-30)31-23-33-32-19-25-11-7-9-13-27(25)21-35(32)43-38(33)37(24-31)42-36-22-28-14-10-8-12-26(28)20-34(36)40-39(42)43/h1-24H. The van der Waals surface area contributed by atoms with Crippen LogP contribution in [0.1, 0.15) is 0 Å². The molecular formula is C39H24N4. The Balaban J connectivity index is 1.41. The second-order valence-electron chi connectivity index (χ2n) is 11.4. The van der Waals surface area contributed by atoms with Gasteiger partial charge in [0.05, 0.1) is 27.6 Å². The van der Waals surface area contributed by atoms with Gasteiger partial charge in [-0.25, -0.2) is 4.98 Å². The smallest absolute Gasteiger partial charge is 0.220 e. The van der Waals surface area contributed by atoms with Crippen LogP contribution < -0.4 is 4.90 Å². The van der Waals surface area contributed by atoms with E-state index in [1.54, 1.807) is 0 Å². The molecule has 0 spiro atoms. The van der Waals surface area contributed by atoms with Gasteiger partial charge in [0, 0.05) is 27.8 Å². The zero-order chi connectivity index (χ0) is 28.1. The summed E-state index contributed by atoms with van der Waals surface area (Å²) in [5, 5.41) is 7.35. The normalized spacial score (nSPS) is 12.2. The van der Waals surface area contributed by atoms with E-state index in [0.717, 1.165) is 39.4 Å². The molecule has 0 aliphatic heterocycles. The molecule has 4 nitrogen and oxygen atoms in total. The second kappa shape index (κ2) is 8.34. The van der Waals surface area contributed by atoms with Crippen LogP contribution in [0.25, 0.3) is 65.7 Å². The number of hydrogen-bond acceptors (Lipinski definition) is 2. The lowest BCUT2D eigenvalue weighted by atomic mass is 10.0. The van der Waals surface area contributed by atoms with Gasteiger partial charge < -0.3 is 4.90 Å². The van der Waals surface area contributed by atoms with E-state index in [9.17, 15) is 0 Å².